The van der Waals surface area contributed by atoms with E-state index >= 15 is 0 Å². The van der Waals surface area contributed by atoms with E-state index in [1.807, 2.05) is 0 Å². The van der Waals surface area contributed by atoms with Crippen molar-refractivity contribution in [3.8, 4) is 0 Å². The lowest BCUT2D eigenvalue weighted by Crippen LogP contribution is -2.44. The molecular weight excluding hydrogens is 442 g/mol. The number of carbonyl (C=O) groups is 3. The van der Waals surface area contributed by atoms with Crippen LogP contribution in [-0.2, 0) is 9.53 Å². The maximum Gasteiger partial charge on any atom is 0.257 e. The number of hydrogen-bond acceptors (Lipinski definition) is 4. The lowest BCUT2D eigenvalue weighted by Gasteiger charge is -2.31. The van der Waals surface area contributed by atoms with E-state index in [9.17, 15) is 14.4 Å². The highest BCUT2D eigenvalue weighted by atomic mass is 35.5. The van der Waals surface area contributed by atoms with Gasteiger partial charge in [0.15, 0.2) is 0 Å². The molecule has 2 heterocycles. The van der Waals surface area contributed by atoms with Crippen LogP contribution in [-0.4, -0.2) is 55.0 Å². The molecule has 0 spiro atoms. The van der Waals surface area contributed by atoms with Gasteiger partial charge in [-0.15, -0.1) is 0 Å². The predicted molar refractivity (Wildman–Crippen MR) is 126 cm³/mol. The van der Waals surface area contributed by atoms with Gasteiger partial charge in [0.05, 0.1) is 16.7 Å². The lowest BCUT2D eigenvalue weighted by atomic mass is 9.95. The van der Waals surface area contributed by atoms with Crippen LogP contribution in [0.15, 0.2) is 48.5 Å². The molecule has 2 aliphatic heterocycles. The number of benzene rings is 2. The molecule has 1 atom stereocenters. The van der Waals surface area contributed by atoms with Gasteiger partial charge in [-0.05, 0) is 62.1 Å². The zero-order chi connectivity index (χ0) is 23.2. The monoisotopic (exact) mass is 469 g/mol. The van der Waals surface area contributed by atoms with E-state index in [0.29, 0.717) is 54.3 Å². The second kappa shape index (κ2) is 10.8. The van der Waals surface area contributed by atoms with Crippen LogP contribution in [0.2, 0.25) is 5.02 Å². The first kappa shape index (κ1) is 23.3. The van der Waals surface area contributed by atoms with Crippen molar-refractivity contribution in [3.05, 3.63) is 64.7 Å². The summed E-state index contributed by atoms with van der Waals surface area (Å²) in [6.45, 7) is 2.43. The fraction of sp³-hybridized carbons (Fsp3) is 0.400. The summed E-state index contributed by atoms with van der Waals surface area (Å²) in [7, 11) is 0. The number of rotatable bonds is 6. The summed E-state index contributed by atoms with van der Waals surface area (Å²) >= 11 is 6.07. The molecule has 0 bridgehead atoms. The number of amides is 3. The number of nitrogens with zero attached hydrogens (tertiary/aromatic N) is 1. The van der Waals surface area contributed by atoms with E-state index in [-0.39, 0.29) is 29.7 Å². The quantitative estimate of drug-likeness (QED) is 0.674. The minimum Gasteiger partial charge on any atom is -0.376 e. The van der Waals surface area contributed by atoms with E-state index in [2.05, 4.69) is 10.6 Å². The first-order chi connectivity index (χ1) is 16.0. The van der Waals surface area contributed by atoms with Crippen LogP contribution in [0.5, 0.6) is 0 Å². The average Bonchev–Trinajstić information content (AvgIpc) is 3.37. The van der Waals surface area contributed by atoms with E-state index in [4.69, 9.17) is 16.3 Å². The van der Waals surface area contributed by atoms with E-state index in [0.717, 1.165) is 19.4 Å². The molecule has 0 aromatic heterocycles. The first-order valence-corrected chi connectivity index (χ1v) is 11.7. The SMILES string of the molecule is O=C(Nc1ccc(C(=O)N2CCC(C(=O)NCC3CCCO3)CC2)cc1)c1ccccc1Cl. The van der Waals surface area contributed by atoms with Crippen molar-refractivity contribution in [1.82, 2.24) is 10.2 Å². The van der Waals surface area contributed by atoms with Gasteiger partial charge in [-0.2, -0.15) is 0 Å². The minimum atomic E-state index is -0.306. The summed E-state index contributed by atoms with van der Waals surface area (Å²) < 4.78 is 5.55. The van der Waals surface area contributed by atoms with Gasteiger partial charge in [-0.3, -0.25) is 14.4 Å². The number of carbonyl (C=O) groups excluding carboxylic acids is 3. The summed E-state index contributed by atoms with van der Waals surface area (Å²) in [4.78, 5) is 39.5. The van der Waals surface area contributed by atoms with E-state index < -0.39 is 0 Å². The Morgan fingerprint density at radius 3 is 2.39 bits per heavy atom. The van der Waals surface area contributed by atoms with Gasteiger partial charge in [0.1, 0.15) is 0 Å². The van der Waals surface area contributed by atoms with Crippen LogP contribution in [0.4, 0.5) is 5.69 Å². The van der Waals surface area contributed by atoms with Gasteiger partial charge in [0, 0.05) is 43.4 Å². The second-order valence-electron chi connectivity index (χ2n) is 8.46. The average molecular weight is 470 g/mol. The Balaban J connectivity index is 1.26. The molecule has 4 rings (SSSR count). The van der Waals surface area contributed by atoms with Gasteiger partial charge >= 0.3 is 0 Å². The molecule has 2 aliphatic rings. The summed E-state index contributed by atoms with van der Waals surface area (Å²) in [6.07, 6.45) is 3.48. The molecule has 0 radical (unpaired) electrons. The van der Waals surface area contributed by atoms with Crippen molar-refractivity contribution in [3.63, 3.8) is 0 Å². The van der Waals surface area contributed by atoms with Gasteiger partial charge in [0.25, 0.3) is 11.8 Å². The summed E-state index contributed by atoms with van der Waals surface area (Å²) in [5.41, 5.74) is 1.52. The maximum absolute atomic E-state index is 12.9. The molecular formula is C25H28ClN3O4. The molecule has 2 aromatic rings. The Hall–Kier alpha value is -2.90. The topological polar surface area (TPSA) is 87.7 Å². The lowest BCUT2D eigenvalue weighted by molar-refractivity contribution is -0.126. The van der Waals surface area contributed by atoms with E-state index in [1.165, 1.54) is 0 Å². The summed E-state index contributed by atoms with van der Waals surface area (Å²) in [6, 6.07) is 13.6. The fourth-order valence-electron chi connectivity index (χ4n) is 4.23. The molecule has 3 amide bonds. The van der Waals surface area contributed by atoms with Gasteiger partial charge in [-0.1, -0.05) is 23.7 Å². The highest BCUT2D eigenvalue weighted by Gasteiger charge is 2.28. The summed E-state index contributed by atoms with van der Waals surface area (Å²) in [5.74, 6) is -0.397. The number of halogens is 1. The van der Waals surface area contributed by atoms with Crippen LogP contribution >= 0.6 is 11.6 Å². The van der Waals surface area contributed by atoms with Crippen molar-refractivity contribution < 1.29 is 19.1 Å². The van der Waals surface area contributed by atoms with Crippen molar-refractivity contribution in [2.45, 2.75) is 31.8 Å². The number of piperidine rings is 1. The molecule has 2 aromatic carbocycles. The van der Waals surface area contributed by atoms with E-state index in [1.54, 1.807) is 53.4 Å². The molecule has 8 heteroatoms. The molecule has 174 valence electrons. The number of ether oxygens (including phenoxy) is 1. The normalized spacial score (nSPS) is 18.7. The Bertz CT molecular complexity index is 997. The zero-order valence-electron chi connectivity index (χ0n) is 18.4. The molecule has 0 saturated carbocycles. The molecule has 33 heavy (non-hydrogen) atoms. The number of hydrogen-bond donors (Lipinski definition) is 2. The zero-order valence-corrected chi connectivity index (χ0v) is 19.1. The highest BCUT2D eigenvalue weighted by Crippen LogP contribution is 2.21. The largest absolute Gasteiger partial charge is 0.376 e. The molecule has 0 aliphatic carbocycles. The smallest absolute Gasteiger partial charge is 0.257 e. The van der Waals surface area contributed by atoms with Crippen molar-refractivity contribution in [2.24, 2.45) is 5.92 Å². The van der Waals surface area contributed by atoms with Crippen molar-refractivity contribution >= 4 is 35.0 Å². The van der Waals surface area contributed by atoms with Crippen LogP contribution in [0.3, 0.4) is 0 Å². The van der Waals surface area contributed by atoms with Crippen LogP contribution in [0.1, 0.15) is 46.4 Å². The standard InChI is InChI=1S/C25H28ClN3O4/c26-22-6-2-1-5-21(22)24(31)28-19-9-7-18(8-10-19)25(32)29-13-11-17(12-14-29)23(30)27-16-20-4-3-15-33-20/h1-2,5-10,17,20H,3-4,11-16H2,(H,27,30)(H,28,31). The molecule has 1 unspecified atom stereocenters. The fourth-order valence-corrected chi connectivity index (χ4v) is 4.45. The Morgan fingerprint density at radius 1 is 1.00 bits per heavy atom. The molecule has 2 saturated heterocycles. The number of likely N-dealkylation sites (tertiary alicyclic amines) is 1. The third kappa shape index (κ3) is 5.92. The third-order valence-electron chi connectivity index (χ3n) is 6.19. The van der Waals surface area contributed by atoms with Crippen molar-refractivity contribution in [1.29, 1.82) is 0 Å². The summed E-state index contributed by atoms with van der Waals surface area (Å²) in [5, 5.41) is 6.17. The van der Waals surface area contributed by atoms with Crippen LogP contribution in [0.25, 0.3) is 0 Å². The minimum absolute atomic E-state index is 0.0520. The first-order valence-electron chi connectivity index (χ1n) is 11.4. The predicted octanol–water partition coefficient (Wildman–Crippen LogP) is 3.74. The van der Waals surface area contributed by atoms with Crippen molar-refractivity contribution in [2.75, 3.05) is 31.6 Å². The number of nitrogens with one attached hydrogen (secondary N) is 2. The van der Waals surface area contributed by atoms with Crippen LogP contribution in [0, 0.1) is 5.92 Å². The molecule has 2 fully saturated rings. The van der Waals surface area contributed by atoms with Gasteiger partial charge in [0.2, 0.25) is 5.91 Å². The van der Waals surface area contributed by atoms with Crippen LogP contribution < -0.4 is 10.6 Å². The molecule has 7 nitrogen and oxygen atoms in total. The highest BCUT2D eigenvalue weighted by molar-refractivity contribution is 6.34. The third-order valence-corrected chi connectivity index (χ3v) is 6.52. The number of anilines is 1. The van der Waals surface area contributed by atoms with Gasteiger partial charge < -0.3 is 20.3 Å². The Morgan fingerprint density at radius 2 is 1.73 bits per heavy atom. The Labute approximate surface area is 198 Å². The Kier molecular flexibility index (Phi) is 7.62. The maximum atomic E-state index is 12.9. The molecule has 2 N–H and O–H groups in total. The second-order valence-corrected chi connectivity index (χ2v) is 8.87. The van der Waals surface area contributed by atoms with Gasteiger partial charge in [-0.25, -0.2) is 0 Å².